The third kappa shape index (κ3) is 2.73. The first kappa shape index (κ1) is 15.4. The predicted molar refractivity (Wildman–Crippen MR) is 76.7 cm³/mol. The molecule has 0 radical (unpaired) electrons. The van der Waals surface area contributed by atoms with Gasteiger partial charge in [-0.3, -0.25) is 4.90 Å². The second kappa shape index (κ2) is 5.59. The molecule has 0 saturated carbocycles. The van der Waals surface area contributed by atoms with E-state index in [-0.39, 0.29) is 17.8 Å². The van der Waals surface area contributed by atoms with Gasteiger partial charge in [-0.2, -0.15) is 13.2 Å². The molecule has 1 aromatic rings. The van der Waals surface area contributed by atoms with Gasteiger partial charge in [0.25, 0.3) is 0 Å². The van der Waals surface area contributed by atoms with E-state index in [4.69, 9.17) is 9.47 Å². The smallest absolute Gasteiger partial charge is 0.419 e. The molecule has 3 nitrogen and oxygen atoms in total. The van der Waals surface area contributed by atoms with Gasteiger partial charge < -0.3 is 9.47 Å². The summed E-state index contributed by atoms with van der Waals surface area (Å²) in [6.45, 7) is 1.27. The summed E-state index contributed by atoms with van der Waals surface area (Å²) in [5, 5.41) is 0. The molecule has 2 aliphatic heterocycles. The largest absolute Gasteiger partial charge is 0.496 e. The number of rotatable bonds is 2. The Morgan fingerprint density at radius 1 is 1.27 bits per heavy atom. The zero-order chi connectivity index (χ0) is 15.9. The van der Waals surface area contributed by atoms with E-state index in [0.29, 0.717) is 13.2 Å². The molecule has 6 heteroatoms. The van der Waals surface area contributed by atoms with E-state index in [1.807, 2.05) is 0 Å². The molecule has 0 amide bonds. The lowest BCUT2D eigenvalue weighted by Gasteiger charge is -2.42. The summed E-state index contributed by atoms with van der Waals surface area (Å²) in [6, 6.07) is 4.55. The predicted octanol–water partition coefficient (Wildman–Crippen LogP) is 3.20. The molecule has 0 aromatic heterocycles. The number of morpholine rings is 1. The monoisotopic (exact) mass is 313 g/mol. The normalized spacial score (nSPS) is 25.8. The number of halogens is 3. The molecule has 2 bridgehead atoms. The van der Waals surface area contributed by atoms with Gasteiger partial charge in [-0.25, -0.2) is 0 Å². The van der Waals surface area contributed by atoms with Crippen molar-refractivity contribution >= 4 is 5.57 Å². The number of fused-ring (bicyclic) bond motifs is 2. The summed E-state index contributed by atoms with van der Waals surface area (Å²) < 4.78 is 49.3. The summed E-state index contributed by atoms with van der Waals surface area (Å²) in [6.07, 6.45) is -1.56. The topological polar surface area (TPSA) is 21.7 Å². The molecule has 2 atom stereocenters. The highest BCUT2D eigenvalue weighted by Gasteiger charge is 2.35. The number of methoxy groups -OCH3 is 1. The second-order valence-electron chi connectivity index (χ2n) is 5.73. The summed E-state index contributed by atoms with van der Waals surface area (Å²) in [4.78, 5) is 2.26. The maximum Gasteiger partial charge on any atom is 0.419 e. The fraction of sp³-hybridized carbons (Fsp3) is 0.500. The molecule has 0 aliphatic carbocycles. The Balaban J connectivity index is 1.96. The number of hydrogen-bond donors (Lipinski definition) is 0. The van der Waals surface area contributed by atoms with Crippen molar-refractivity contribution in [3.8, 4) is 5.75 Å². The number of benzene rings is 1. The standard InChI is InChI=1S/C16H18F3NO2/c1-20-12-5-11(6-13(20)9-22-8-12)10-3-4-14(16(17,18)19)15(7-10)21-2/h3-5,7,12-13H,6,8-9H2,1-2H3. The second-order valence-corrected chi connectivity index (χ2v) is 5.73. The molecule has 0 spiro atoms. The van der Waals surface area contributed by atoms with Crippen LogP contribution in [0.5, 0.6) is 5.75 Å². The van der Waals surface area contributed by atoms with Crippen molar-refractivity contribution in [2.45, 2.75) is 24.7 Å². The first-order valence-electron chi connectivity index (χ1n) is 7.16. The van der Waals surface area contributed by atoms with Crippen molar-refractivity contribution in [2.24, 2.45) is 0 Å². The third-order valence-corrected chi connectivity index (χ3v) is 4.42. The van der Waals surface area contributed by atoms with Gasteiger partial charge in [-0.15, -0.1) is 0 Å². The van der Waals surface area contributed by atoms with Crippen molar-refractivity contribution in [3.63, 3.8) is 0 Å². The van der Waals surface area contributed by atoms with Crippen molar-refractivity contribution in [3.05, 3.63) is 35.4 Å². The minimum absolute atomic E-state index is 0.133. The number of hydrogen-bond acceptors (Lipinski definition) is 3. The van der Waals surface area contributed by atoms with E-state index in [1.54, 1.807) is 0 Å². The van der Waals surface area contributed by atoms with Crippen LogP contribution in [-0.4, -0.2) is 44.4 Å². The van der Waals surface area contributed by atoms with Crippen LogP contribution >= 0.6 is 0 Å². The van der Waals surface area contributed by atoms with Gasteiger partial charge in [-0.1, -0.05) is 12.1 Å². The quantitative estimate of drug-likeness (QED) is 0.837. The van der Waals surface area contributed by atoms with Crippen LogP contribution in [0, 0.1) is 0 Å². The molecule has 2 heterocycles. The van der Waals surface area contributed by atoms with Crippen molar-refractivity contribution in [1.82, 2.24) is 4.90 Å². The van der Waals surface area contributed by atoms with Crippen LogP contribution in [0.25, 0.3) is 5.57 Å². The molecular formula is C16H18F3NO2. The minimum Gasteiger partial charge on any atom is -0.496 e. The average Bonchev–Trinajstić information content (AvgIpc) is 2.45. The van der Waals surface area contributed by atoms with Gasteiger partial charge in [-0.05, 0) is 36.7 Å². The van der Waals surface area contributed by atoms with E-state index >= 15 is 0 Å². The molecule has 1 saturated heterocycles. The maximum absolute atomic E-state index is 12.9. The van der Waals surface area contributed by atoms with Crippen LogP contribution in [0.4, 0.5) is 13.2 Å². The number of ether oxygens (including phenoxy) is 2. The fourth-order valence-corrected chi connectivity index (χ4v) is 3.09. The summed E-state index contributed by atoms with van der Waals surface area (Å²) in [5.41, 5.74) is 1.11. The van der Waals surface area contributed by atoms with Gasteiger partial charge in [0.05, 0.1) is 31.9 Å². The Morgan fingerprint density at radius 3 is 2.68 bits per heavy atom. The van der Waals surface area contributed by atoms with E-state index in [2.05, 4.69) is 18.0 Å². The third-order valence-electron chi connectivity index (χ3n) is 4.42. The zero-order valence-electron chi connectivity index (χ0n) is 12.5. The molecule has 1 aromatic carbocycles. The molecule has 2 aliphatic rings. The SMILES string of the molecule is COc1cc(C2=CC3COCC(C2)N3C)ccc1C(F)(F)F. The molecule has 3 rings (SSSR count). The lowest BCUT2D eigenvalue weighted by molar-refractivity contribution is -0.138. The van der Waals surface area contributed by atoms with Crippen LogP contribution in [0.2, 0.25) is 0 Å². The van der Waals surface area contributed by atoms with Crippen LogP contribution in [0.15, 0.2) is 24.3 Å². The van der Waals surface area contributed by atoms with Gasteiger partial charge in [0.2, 0.25) is 0 Å². The Morgan fingerprint density at radius 2 is 2.05 bits per heavy atom. The van der Waals surface area contributed by atoms with Gasteiger partial charge in [0, 0.05) is 6.04 Å². The Bertz CT molecular complexity index is 598. The lowest BCUT2D eigenvalue weighted by Crippen LogP contribution is -2.51. The van der Waals surface area contributed by atoms with E-state index in [1.165, 1.54) is 19.2 Å². The van der Waals surface area contributed by atoms with Crippen LogP contribution in [0.1, 0.15) is 17.5 Å². The molecule has 1 fully saturated rings. The van der Waals surface area contributed by atoms with Crippen molar-refractivity contribution < 1.29 is 22.6 Å². The maximum atomic E-state index is 12.9. The van der Waals surface area contributed by atoms with E-state index in [0.717, 1.165) is 23.6 Å². The van der Waals surface area contributed by atoms with Crippen molar-refractivity contribution in [1.29, 1.82) is 0 Å². The Hall–Kier alpha value is -1.53. The number of likely N-dealkylation sites (N-methyl/N-ethyl adjacent to an activating group) is 1. The fourth-order valence-electron chi connectivity index (χ4n) is 3.09. The molecular weight excluding hydrogens is 295 g/mol. The van der Waals surface area contributed by atoms with Crippen LogP contribution < -0.4 is 4.74 Å². The van der Waals surface area contributed by atoms with Crippen LogP contribution in [0.3, 0.4) is 0 Å². The van der Waals surface area contributed by atoms with E-state index < -0.39 is 11.7 Å². The average molecular weight is 313 g/mol. The number of alkyl halides is 3. The summed E-state index contributed by atoms with van der Waals surface area (Å²) >= 11 is 0. The lowest BCUT2D eigenvalue weighted by atomic mass is 9.89. The Labute approximate surface area is 127 Å². The molecule has 22 heavy (non-hydrogen) atoms. The summed E-state index contributed by atoms with van der Waals surface area (Å²) in [5.74, 6) is -0.133. The highest BCUT2D eigenvalue weighted by atomic mass is 19.4. The van der Waals surface area contributed by atoms with E-state index in [9.17, 15) is 13.2 Å². The summed E-state index contributed by atoms with van der Waals surface area (Å²) in [7, 11) is 3.32. The van der Waals surface area contributed by atoms with Gasteiger partial charge >= 0.3 is 6.18 Å². The number of nitrogens with zero attached hydrogens (tertiary/aromatic N) is 1. The first-order valence-corrected chi connectivity index (χ1v) is 7.16. The van der Waals surface area contributed by atoms with Crippen molar-refractivity contribution in [2.75, 3.05) is 27.4 Å². The zero-order valence-corrected chi connectivity index (χ0v) is 12.5. The highest BCUT2D eigenvalue weighted by molar-refractivity contribution is 5.69. The van der Waals surface area contributed by atoms with Crippen LogP contribution in [-0.2, 0) is 10.9 Å². The Kier molecular flexibility index (Phi) is 3.91. The van der Waals surface area contributed by atoms with Gasteiger partial charge in [0.1, 0.15) is 5.75 Å². The molecule has 0 N–H and O–H groups in total. The first-order chi connectivity index (χ1) is 10.4. The minimum atomic E-state index is -4.41. The molecule has 120 valence electrons. The highest BCUT2D eigenvalue weighted by Crippen LogP contribution is 2.39. The van der Waals surface area contributed by atoms with Gasteiger partial charge in [0.15, 0.2) is 0 Å². The molecule has 2 unspecified atom stereocenters.